The molecule has 0 radical (unpaired) electrons. The van der Waals surface area contributed by atoms with Crippen LogP contribution in [0, 0.1) is 0 Å². The molecule has 4 aromatic rings. The van der Waals surface area contributed by atoms with Gasteiger partial charge in [-0.1, -0.05) is 24.3 Å². The molecule has 0 atom stereocenters. The van der Waals surface area contributed by atoms with Crippen LogP contribution in [-0.2, 0) is 0 Å². The number of hydrogen-bond acceptors (Lipinski definition) is 10. The Morgan fingerprint density at radius 1 is 0.472 bits per heavy atom. The van der Waals surface area contributed by atoms with Crippen LogP contribution in [0.2, 0.25) is 0 Å². The zero-order valence-corrected chi connectivity index (χ0v) is 30.7. The minimum absolute atomic E-state index is 0.247. The highest BCUT2D eigenvalue weighted by Gasteiger charge is 2.35. The van der Waals surface area contributed by atoms with E-state index in [1.165, 1.54) is 9.80 Å². The average molecular weight is 717 g/mol. The predicted octanol–water partition coefficient (Wildman–Crippen LogP) is 2.96. The zero-order valence-electron chi connectivity index (χ0n) is 30.7. The topological polar surface area (TPSA) is 112 Å². The Morgan fingerprint density at radius 2 is 0.849 bits per heavy atom. The van der Waals surface area contributed by atoms with Crippen molar-refractivity contribution in [1.82, 2.24) is 30.2 Å². The number of nitrogens with zero attached hydrogens (tertiary/aromatic N) is 6. The molecule has 2 N–H and O–H groups in total. The third kappa shape index (κ3) is 6.54. The van der Waals surface area contributed by atoms with Crippen molar-refractivity contribution in [1.29, 1.82) is 0 Å². The molecule has 276 valence electrons. The van der Waals surface area contributed by atoms with Gasteiger partial charge in [-0.3, -0.25) is 29.0 Å². The lowest BCUT2D eigenvalue weighted by Crippen LogP contribution is -2.45. The fourth-order valence-corrected chi connectivity index (χ4v) is 8.28. The van der Waals surface area contributed by atoms with E-state index in [0.717, 1.165) is 91.7 Å². The molecule has 53 heavy (non-hydrogen) atoms. The van der Waals surface area contributed by atoms with Gasteiger partial charge >= 0.3 is 0 Å². The van der Waals surface area contributed by atoms with Crippen molar-refractivity contribution in [2.24, 2.45) is 0 Å². The lowest BCUT2D eigenvalue weighted by Gasteiger charge is -2.35. The Bertz CT molecular complexity index is 1890. The normalized spacial score (nSPS) is 18.3. The number of anilines is 2. The van der Waals surface area contributed by atoms with Gasteiger partial charge in [0.05, 0.1) is 0 Å². The van der Waals surface area contributed by atoms with Crippen molar-refractivity contribution < 1.29 is 19.2 Å². The maximum absolute atomic E-state index is 13.6. The fourth-order valence-electron chi connectivity index (χ4n) is 8.28. The molecule has 4 amide bonds. The minimum atomic E-state index is -0.247. The van der Waals surface area contributed by atoms with E-state index in [2.05, 4.69) is 44.3 Å². The van der Waals surface area contributed by atoms with Gasteiger partial charge in [0, 0.05) is 134 Å². The number of carbonyl (C=O) groups is 4. The van der Waals surface area contributed by atoms with Crippen LogP contribution < -0.4 is 20.4 Å². The zero-order chi connectivity index (χ0) is 36.6. The fraction of sp³-hybridized carbons (Fsp3) is 0.415. The van der Waals surface area contributed by atoms with E-state index in [0.29, 0.717) is 48.4 Å². The van der Waals surface area contributed by atoms with Crippen LogP contribution in [0.1, 0.15) is 47.9 Å². The Labute approximate surface area is 310 Å². The molecular formula is C41H48N8O4. The summed E-state index contributed by atoms with van der Waals surface area (Å²) in [6, 6.07) is 19.4. The van der Waals surface area contributed by atoms with Crippen molar-refractivity contribution in [2.45, 2.75) is 6.42 Å². The molecule has 2 fully saturated rings. The summed E-state index contributed by atoms with van der Waals surface area (Å²) in [5.41, 5.74) is 4.49. The number of hydrogen-bond donors (Lipinski definition) is 2. The second-order valence-corrected chi connectivity index (χ2v) is 14.7. The van der Waals surface area contributed by atoms with Gasteiger partial charge in [0.1, 0.15) is 0 Å². The lowest BCUT2D eigenvalue weighted by molar-refractivity contribution is 0.0597. The highest BCUT2D eigenvalue weighted by atomic mass is 16.2. The van der Waals surface area contributed by atoms with E-state index >= 15 is 0 Å². The maximum Gasteiger partial charge on any atom is 0.261 e. The SMILES string of the molecule is CN1CCN(c2ccc3c4c(cccc24)C(=O)N(CCNCCCNCCN2C(=O)c4cccc5c(N6CCN(C)CC6)ccc(c45)C2=O)C3=O)CC1. The summed E-state index contributed by atoms with van der Waals surface area (Å²) in [5, 5.41) is 10.2. The Kier molecular flexibility index (Phi) is 9.86. The summed E-state index contributed by atoms with van der Waals surface area (Å²) in [5.74, 6) is -0.988. The van der Waals surface area contributed by atoms with E-state index in [-0.39, 0.29) is 36.7 Å². The van der Waals surface area contributed by atoms with Gasteiger partial charge in [-0.25, -0.2) is 0 Å². The standard InChI is InChI=1S/C41H48N8O4/c1-44-20-24-46(25-21-44)34-12-10-32-36-28(34)6-3-8-30(36)38(50)48(40(32)52)18-16-42-14-5-15-43-17-19-49-39(51)31-9-4-7-29-35(47-26-22-45(2)23-27-47)13-11-33(37(29)31)41(49)53/h3-4,6-13,42-43H,5,14-27H2,1-2H3. The Morgan fingerprint density at radius 3 is 1.25 bits per heavy atom. The van der Waals surface area contributed by atoms with E-state index < -0.39 is 0 Å². The molecular weight excluding hydrogens is 669 g/mol. The quantitative estimate of drug-likeness (QED) is 0.168. The summed E-state index contributed by atoms with van der Waals surface area (Å²) >= 11 is 0. The number of imide groups is 2. The number of benzene rings is 4. The van der Waals surface area contributed by atoms with Gasteiger partial charge in [-0.2, -0.15) is 0 Å². The molecule has 4 heterocycles. The second kappa shape index (κ2) is 14.9. The first kappa shape index (κ1) is 35.2. The lowest BCUT2D eigenvalue weighted by atomic mass is 9.92. The number of nitrogens with one attached hydrogen (secondary N) is 2. The molecule has 0 unspecified atom stereocenters. The third-order valence-electron chi connectivity index (χ3n) is 11.4. The maximum atomic E-state index is 13.6. The number of piperazine rings is 2. The second-order valence-electron chi connectivity index (χ2n) is 14.7. The summed E-state index contributed by atoms with van der Waals surface area (Å²) < 4.78 is 0. The molecule has 12 nitrogen and oxygen atoms in total. The molecule has 0 aliphatic carbocycles. The summed E-state index contributed by atoms with van der Waals surface area (Å²) in [7, 11) is 4.25. The van der Waals surface area contributed by atoms with E-state index in [4.69, 9.17) is 0 Å². The number of amides is 4. The van der Waals surface area contributed by atoms with Gasteiger partial charge < -0.3 is 30.2 Å². The highest BCUT2D eigenvalue weighted by molar-refractivity contribution is 6.28. The number of likely N-dealkylation sites (N-methyl/N-ethyl adjacent to an activating group) is 2. The van der Waals surface area contributed by atoms with Crippen molar-refractivity contribution in [3.63, 3.8) is 0 Å². The van der Waals surface area contributed by atoms with Crippen molar-refractivity contribution >= 4 is 56.5 Å². The first-order valence-electron chi connectivity index (χ1n) is 18.9. The van der Waals surface area contributed by atoms with Crippen molar-refractivity contribution in [3.8, 4) is 0 Å². The molecule has 4 aliphatic rings. The first-order chi connectivity index (χ1) is 25.8. The summed E-state index contributed by atoms with van der Waals surface area (Å²) in [4.78, 5) is 66.3. The van der Waals surface area contributed by atoms with Gasteiger partial charge in [0.2, 0.25) is 0 Å². The molecule has 0 bridgehead atoms. The Hall–Kier alpha value is -4.88. The van der Waals surface area contributed by atoms with E-state index in [1.807, 2.05) is 60.7 Å². The largest absolute Gasteiger partial charge is 0.368 e. The van der Waals surface area contributed by atoms with Crippen LogP contribution in [0.4, 0.5) is 11.4 Å². The van der Waals surface area contributed by atoms with Crippen LogP contribution in [0.5, 0.6) is 0 Å². The van der Waals surface area contributed by atoms with Crippen molar-refractivity contribution in [2.75, 3.05) is 116 Å². The van der Waals surface area contributed by atoms with E-state index in [9.17, 15) is 19.2 Å². The third-order valence-corrected chi connectivity index (χ3v) is 11.4. The average Bonchev–Trinajstić information content (AvgIpc) is 3.18. The Balaban J connectivity index is 0.803. The minimum Gasteiger partial charge on any atom is -0.368 e. The number of rotatable bonds is 12. The molecule has 0 saturated carbocycles. The van der Waals surface area contributed by atoms with Gasteiger partial charge in [-0.15, -0.1) is 0 Å². The van der Waals surface area contributed by atoms with E-state index in [1.54, 1.807) is 0 Å². The highest BCUT2D eigenvalue weighted by Crippen LogP contribution is 2.38. The molecule has 0 spiro atoms. The first-order valence-corrected chi connectivity index (χ1v) is 18.9. The molecule has 4 aliphatic heterocycles. The van der Waals surface area contributed by atoms with Crippen LogP contribution >= 0.6 is 0 Å². The molecule has 8 rings (SSSR count). The molecule has 4 aromatic carbocycles. The van der Waals surface area contributed by atoms with Crippen LogP contribution in [-0.4, -0.2) is 149 Å². The van der Waals surface area contributed by atoms with Gasteiger partial charge in [0.15, 0.2) is 0 Å². The molecule has 2 saturated heterocycles. The number of carbonyl (C=O) groups excluding carboxylic acids is 4. The van der Waals surface area contributed by atoms with Crippen LogP contribution in [0.3, 0.4) is 0 Å². The predicted molar refractivity (Wildman–Crippen MR) is 208 cm³/mol. The van der Waals surface area contributed by atoms with Crippen LogP contribution in [0.15, 0.2) is 60.7 Å². The smallest absolute Gasteiger partial charge is 0.261 e. The van der Waals surface area contributed by atoms with Gasteiger partial charge in [-0.05, 0) is 70.0 Å². The summed E-state index contributed by atoms with van der Waals surface area (Å²) in [6.45, 7) is 10.5. The molecule has 0 aromatic heterocycles. The van der Waals surface area contributed by atoms with Gasteiger partial charge in [0.25, 0.3) is 23.6 Å². The van der Waals surface area contributed by atoms with Crippen molar-refractivity contribution in [3.05, 3.63) is 82.9 Å². The molecule has 12 heteroatoms. The summed E-state index contributed by atoms with van der Waals surface area (Å²) in [6.07, 6.45) is 0.804. The van der Waals surface area contributed by atoms with Crippen LogP contribution in [0.25, 0.3) is 21.5 Å². The monoisotopic (exact) mass is 716 g/mol.